The molecule has 2 amide bonds. The Hall–Kier alpha value is -5.69. The zero-order chi connectivity index (χ0) is 38.2. The number of hydrogen-bond donors (Lipinski definition) is 5. The third-order valence-electron chi connectivity index (χ3n) is 9.85. The van der Waals surface area contributed by atoms with Crippen LogP contribution in [0.1, 0.15) is 36.6 Å². The van der Waals surface area contributed by atoms with E-state index in [9.17, 15) is 24.6 Å². The minimum absolute atomic E-state index is 0.0248. The number of piperidine rings is 1. The number of aliphatic hydroxyl groups excluding tert-OH is 1. The van der Waals surface area contributed by atoms with Crippen molar-refractivity contribution in [2.75, 3.05) is 51.5 Å². The van der Waals surface area contributed by atoms with Gasteiger partial charge in [-0.05, 0) is 53.4 Å². The van der Waals surface area contributed by atoms with Crippen LogP contribution in [0.25, 0.3) is 22.0 Å². The average Bonchev–Trinajstić information content (AvgIpc) is 3.15. The summed E-state index contributed by atoms with van der Waals surface area (Å²) in [6.45, 7) is 2.24. The molecule has 282 valence electrons. The van der Waals surface area contributed by atoms with Gasteiger partial charge in [-0.2, -0.15) is 0 Å². The SMILES string of the molecule is COc1ccc(CNC[C@@H](O)n2c(=O)ccc3cccc(O)c32)cc1NC(=O)CCc1ccc(-c2ccccc2)c(NC(=O)OC2CC[N+](C)(C)CC2)c1. The number of fused-ring (bicyclic) bond motifs is 1. The summed E-state index contributed by atoms with van der Waals surface area (Å²) in [7, 11) is 5.89. The fraction of sp³-hybridized carbons (Fsp3) is 0.310. The molecule has 1 aliphatic heterocycles. The maximum atomic E-state index is 13.3. The number of nitrogens with zero attached hydrogens (tertiary/aromatic N) is 2. The van der Waals surface area contributed by atoms with E-state index in [4.69, 9.17) is 9.47 Å². The maximum absolute atomic E-state index is 13.3. The largest absolute Gasteiger partial charge is 0.506 e. The lowest BCUT2D eigenvalue weighted by Crippen LogP contribution is -2.48. The minimum atomic E-state index is -1.24. The summed E-state index contributed by atoms with van der Waals surface area (Å²) in [4.78, 5) is 39.0. The summed E-state index contributed by atoms with van der Waals surface area (Å²) < 4.78 is 13.4. The number of anilines is 2. The fourth-order valence-electron chi connectivity index (χ4n) is 6.83. The number of hydrogen-bond acceptors (Lipinski definition) is 8. The summed E-state index contributed by atoms with van der Waals surface area (Å²) >= 11 is 0. The molecular formula is C42H48N5O7+. The highest BCUT2D eigenvalue weighted by Gasteiger charge is 2.28. The first kappa shape index (κ1) is 38.0. The zero-order valence-corrected chi connectivity index (χ0v) is 30.9. The van der Waals surface area contributed by atoms with Crippen molar-refractivity contribution < 1.29 is 33.8 Å². The molecule has 12 heteroatoms. The van der Waals surface area contributed by atoms with Crippen molar-refractivity contribution in [3.05, 3.63) is 119 Å². The summed E-state index contributed by atoms with van der Waals surface area (Å²) in [5.74, 6) is 0.172. The van der Waals surface area contributed by atoms with Gasteiger partial charge in [-0.15, -0.1) is 0 Å². The molecule has 0 spiro atoms. The number of aromatic hydroxyl groups is 1. The summed E-state index contributed by atoms with van der Waals surface area (Å²) in [6.07, 6.45) is 0.373. The highest BCUT2D eigenvalue weighted by Crippen LogP contribution is 2.31. The van der Waals surface area contributed by atoms with E-state index < -0.39 is 17.9 Å². The number of carbonyl (C=O) groups excluding carboxylic acids is 2. The average molecular weight is 735 g/mol. The first-order valence-electron chi connectivity index (χ1n) is 18.2. The second-order valence-electron chi connectivity index (χ2n) is 14.3. The van der Waals surface area contributed by atoms with Crippen LogP contribution in [0, 0.1) is 0 Å². The van der Waals surface area contributed by atoms with Crippen LogP contribution in [0.15, 0.2) is 102 Å². The number of aromatic nitrogens is 1. The van der Waals surface area contributed by atoms with Crippen LogP contribution in [0.5, 0.6) is 11.5 Å². The summed E-state index contributed by atoms with van der Waals surface area (Å²) in [5.41, 5.74) is 4.42. The predicted molar refractivity (Wildman–Crippen MR) is 210 cm³/mol. The van der Waals surface area contributed by atoms with Gasteiger partial charge >= 0.3 is 6.09 Å². The lowest BCUT2D eigenvalue weighted by molar-refractivity contribution is -0.896. The van der Waals surface area contributed by atoms with Crippen LogP contribution in [-0.4, -0.2) is 78.2 Å². The normalized spacial score (nSPS) is 14.7. The highest BCUT2D eigenvalue weighted by molar-refractivity contribution is 5.93. The third-order valence-corrected chi connectivity index (χ3v) is 9.85. The van der Waals surface area contributed by atoms with Gasteiger partial charge in [0.2, 0.25) is 5.91 Å². The molecule has 5 aromatic rings. The molecule has 4 aromatic carbocycles. The number of likely N-dealkylation sites (tertiary alicyclic amines) is 1. The summed E-state index contributed by atoms with van der Waals surface area (Å²) in [6, 6.07) is 28.9. The molecule has 0 bridgehead atoms. The molecule has 1 atom stereocenters. The molecule has 2 heterocycles. The third kappa shape index (κ3) is 9.45. The monoisotopic (exact) mass is 734 g/mol. The van der Waals surface area contributed by atoms with E-state index in [1.807, 2.05) is 54.6 Å². The smallest absolute Gasteiger partial charge is 0.411 e. The second kappa shape index (κ2) is 17.0. The Morgan fingerprint density at radius 1 is 0.889 bits per heavy atom. The minimum Gasteiger partial charge on any atom is -0.506 e. The zero-order valence-electron chi connectivity index (χ0n) is 30.9. The fourth-order valence-corrected chi connectivity index (χ4v) is 6.83. The van der Waals surface area contributed by atoms with Gasteiger partial charge in [0.05, 0.1) is 51.2 Å². The molecule has 6 rings (SSSR count). The molecule has 12 nitrogen and oxygen atoms in total. The number of benzene rings is 4. The van der Waals surface area contributed by atoms with Crippen LogP contribution in [-0.2, 0) is 22.5 Å². The lowest BCUT2D eigenvalue weighted by atomic mass is 9.99. The quantitative estimate of drug-likeness (QED) is 0.0922. The van der Waals surface area contributed by atoms with Crippen LogP contribution < -0.4 is 26.2 Å². The van der Waals surface area contributed by atoms with Crippen LogP contribution >= 0.6 is 0 Å². The molecule has 54 heavy (non-hydrogen) atoms. The Balaban J connectivity index is 1.08. The van der Waals surface area contributed by atoms with Crippen LogP contribution in [0.4, 0.5) is 16.2 Å². The molecule has 1 fully saturated rings. The van der Waals surface area contributed by atoms with E-state index in [2.05, 4.69) is 30.0 Å². The number of aryl methyl sites for hydroxylation is 1. The van der Waals surface area contributed by atoms with Gasteiger partial charge in [-0.3, -0.25) is 19.5 Å². The molecule has 0 unspecified atom stereocenters. The van der Waals surface area contributed by atoms with Gasteiger partial charge in [0.25, 0.3) is 5.56 Å². The van der Waals surface area contributed by atoms with Crippen molar-refractivity contribution >= 4 is 34.3 Å². The first-order valence-corrected chi connectivity index (χ1v) is 18.2. The van der Waals surface area contributed by atoms with Crippen molar-refractivity contribution in [3.8, 4) is 22.6 Å². The van der Waals surface area contributed by atoms with E-state index >= 15 is 0 Å². The number of nitrogens with one attached hydrogen (secondary N) is 3. The van der Waals surface area contributed by atoms with Crippen molar-refractivity contribution in [2.24, 2.45) is 0 Å². The van der Waals surface area contributed by atoms with Gasteiger partial charge in [0, 0.05) is 49.4 Å². The van der Waals surface area contributed by atoms with E-state index in [1.165, 1.54) is 19.2 Å². The first-order chi connectivity index (χ1) is 26.0. The Morgan fingerprint density at radius 2 is 1.63 bits per heavy atom. The van der Waals surface area contributed by atoms with E-state index in [0.29, 0.717) is 35.5 Å². The van der Waals surface area contributed by atoms with Crippen molar-refractivity contribution in [1.82, 2.24) is 9.88 Å². The summed E-state index contributed by atoms with van der Waals surface area (Å²) in [5, 5.41) is 31.0. The Bertz CT molecular complexity index is 2160. The number of ether oxygens (including phenoxy) is 2. The number of amides is 2. The number of aliphatic hydroxyl groups is 1. The Morgan fingerprint density at radius 3 is 2.39 bits per heavy atom. The number of rotatable bonds is 13. The lowest BCUT2D eigenvalue weighted by Gasteiger charge is -2.36. The van der Waals surface area contributed by atoms with Crippen molar-refractivity contribution in [3.63, 3.8) is 0 Å². The second-order valence-corrected chi connectivity index (χ2v) is 14.3. The maximum Gasteiger partial charge on any atom is 0.411 e. The number of carbonyl (C=O) groups is 2. The molecule has 0 radical (unpaired) electrons. The molecule has 0 aliphatic carbocycles. The predicted octanol–water partition coefficient (Wildman–Crippen LogP) is 6.02. The van der Waals surface area contributed by atoms with Gasteiger partial charge in [-0.25, -0.2) is 4.79 Å². The van der Waals surface area contributed by atoms with Gasteiger partial charge in [0.15, 0.2) is 0 Å². The van der Waals surface area contributed by atoms with Crippen molar-refractivity contribution in [2.45, 2.75) is 44.6 Å². The molecule has 1 aliphatic rings. The van der Waals surface area contributed by atoms with E-state index in [0.717, 1.165) is 57.2 Å². The van der Waals surface area contributed by atoms with Gasteiger partial charge in [-0.1, -0.05) is 60.7 Å². The number of methoxy groups -OCH3 is 1. The highest BCUT2D eigenvalue weighted by atomic mass is 16.6. The number of pyridine rings is 1. The van der Waals surface area contributed by atoms with E-state index in [-0.39, 0.29) is 36.2 Å². The molecule has 1 aromatic heterocycles. The topological polar surface area (TPSA) is 151 Å². The van der Waals surface area contributed by atoms with Crippen LogP contribution in [0.3, 0.4) is 0 Å². The molecule has 5 N–H and O–H groups in total. The number of phenolic OH excluding ortho intramolecular Hbond substituents is 1. The Kier molecular flexibility index (Phi) is 12.0. The standard InChI is InChI=1S/C42H47N5O7/c1-47(2)22-20-32(21-23-47)54-42(52)45-34-24-28(12-16-33(34)30-8-5-4-6-9-30)14-18-38(49)44-35-25-29(13-17-37(35)53-3)26-43-27-40(51)46-39(50)19-15-31-10-7-11-36(48)41(31)46/h4-13,15-17,19,24-25,32,40,43,51H,14,18,20-23,26-27H2,1-3H3,(H2-,44,45,48,49,52)/p+1/t40-/m1/s1. The van der Waals surface area contributed by atoms with Gasteiger partial charge in [0.1, 0.15) is 23.8 Å². The Labute approximate surface area is 314 Å². The number of phenols is 1. The number of para-hydroxylation sites is 1. The van der Waals surface area contributed by atoms with Crippen LogP contribution in [0.2, 0.25) is 0 Å². The van der Waals surface area contributed by atoms with Gasteiger partial charge < -0.3 is 34.8 Å². The number of quaternary nitrogens is 1. The van der Waals surface area contributed by atoms with Crippen molar-refractivity contribution in [1.29, 1.82) is 0 Å². The molecule has 0 saturated carbocycles. The van der Waals surface area contributed by atoms with E-state index in [1.54, 1.807) is 30.3 Å². The molecule has 1 saturated heterocycles. The molecular weight excluding hydrogens is 686 g/mol.